The van der Waals surface area contributed by atoms with Crippen molar-refractivity contribution in [1.29, 1.82) is 0 Å². The van der Waals surface area contributed by atoms with Crippen LogP contribution in [0.25, 0.3) is 0 Å². The largest absolute Gasteiger partial charge is 0.480 e. The fourth-order valence-electron chi connectivity index (χ4n) is 1.68. The van der Waals surface area contributed by atoms with Gasteiger partial charge in [-0.1, -0.05) is 18.2 Å². The van der Waals surface area contributed by atoms with Crippen molar-refractivity contribution in [3.05, 3.63) is 30.3 Å². The first-order valence-electron chi connectivity index (χ1n) is 6.10. The van der Waals surface area contributed by atoms with Crippen LogP contribution in [-0.4, -0.2) is 35.6 Å². The number of carbonyl (C=O) groups excluding carboxylic acids is 2. The number of carbonyl (C=O) groups is 3. The van der Waals surface area contributed by atoms with Gasteiger partial charge in [-0.05, 0) is 19.1 Å². The minimum Gasteiger partial charge on any atom is -0.480 e. The van der Waals surface area contributed by atoms with E-state index in [9.17, 15) is 14.4 Å². The number of para-hydroxylation sites is 1. The molecule has 1 aromatic rings. The summed E-state index contributed by atoms with van der Waals surface area (Å²) in [5, 5.41) is 11.2. The van der Waals surface area contributed by atoms with Crippen LogP contribution >= 0.6 is 0 Å². The molecule has 0 fully saturated rings. The summed E-state index contributed by atoms with van der Waals surface area (Å²) in [6.45, 7) is 2.12. The normalized spacial score (nSPS) is 11.4. The van der Waals surface area contributed by atoms with E-state index in [0.29, 0.717) is 12.2 Å². The molecule has 0 bridgehead atoms. The van der Waals surface area contributed by atoms with Crippen molar-refractivity contribution in [3.63, 3.8) is 0 Å². The zero-order chi connectivity index (χ0) is 15.1. The fraction of sp³-hybridized carbons (Fsp3) is 0.308. The lowest BCUT2D eigenvalue weighted by atomic mass is 10.2. The predicted molar refractivity (Wildman–Crippen MR) is 73.2 cm³/mol. The quantitative estimate of drug-likeness (QED) is 0.705. The molecule has 4 N–H and O–H groups in total. The molecule has 1 atom stereocenters. The highest BCUT2D eigenvalue weighted by molar-refractivity contribution is 5.95. The van der Waals surface area contributed by atoms with Crippen molar-refractivity contribution >= 4 is 23.6 Å². The van der Waals surface area contributed by atoms with E-state index in [4.69, 9.17) is 10.8 Å². The van der Waals surface area contributed by atoms with Crippen molar-refractivity contribution < 1.29 is 19.5 Å². The van der Waals surface area contributed by atoms with Crippen molar-refractivity contribution in [2.45, 2.75) is 19.4 Å². The lowest BCUT2D eigenvalue weighted by molar-refractivity contribution is -0.140. The minimum absolute atomic E-state index is 0.360. The van der Waals surface area contributed by atoms with Crippen LogP contribution in [0.1, 0.15) is 13.3 Å². The van der Waals surface area contributed by atoms with Gasteiger partial charge in [-0.25, -0.2) is 9.59 Å². The van der Waals surface area contributed by atoms with Crippen molar-refractivity contribution in [2.24, 2.45) is 5.73 Å². The summed E-state index contributed by atoms with van der Waals surface area (Å²) < 4.78 is 0. The number of primary amides is 1. The third-order valence-electron chi connectivity index (χ3n) is 2.63. The molecule has 7 nitrogen and oxygen atoms in total. The van der Waals surface area contributed by atoms with Crippen molar-refractivity contribution in [1.82, 2.24) is 5.32 Å². The number of nitrogens with one attached hydrogen (secondary N) is 1. The summed E-state index contributed by atoms with van der Waals surface area (Å²) in [5.74, 6) is -2.10. The maximum absolute atomic E-state index is 12.1. The molecule has 0 saturated heterocycles. The van der Waals surface area contributed by atoms with E-state index in [2.05, 4.69) is 5.32 Å². The summed E-state index contributed by atoms with van der Waals surface area (Å²) >= 11 is 0. The van der Waals surface area contributed by atoms with E-state index < -0.39 is 30.4 Å². The van der Waals surface area contributed by atoms with Crippen molar-refractivity contribution in [2.75, 3.05) is 11.4 Å². The summed E-state index contributed by atoms with van der Waals surface area (Å²) in [7, 11) is 0. The summed E-state index contributed by atoms with van der Waals surface area (Å²) in [5.41, 5.74) is 5.59. The molecular formula is C13H17N3O4. The highest BCUT2D eigenvalue weighted by atomic mass is 16.4. The van der Waals surface area contributed by atoms with Gasteiger partial charge in [0.2, 0.25) is 5.91 Å². The molecule has 1 rings (SSSR count). The molecule has 1 aromatic carbocycles. The number of rotatable bonds is 6. The molecule has 0 aliphatic rings. The second kappa shape index (κ2) is 7.13. The Labute approximate surface area is 116 Å². The number of aliphatic carboxylic acids is 1. The monoisotopic (exact) mass is 279 g/mol. The number of carboxylic acid groups (broad SMARTS) is 1. The molecule has 1 unspecified atom stereocenters. The zero-order valence-electron chi connectivity index (χ0n) is 11.1. The van der Waals surface area contributed by atoms with Crippen LogP contribution in [0.2, 0.25) is 0 Å². The molecule has 0 radical (unpaired) electrons. The van der Waals surface area contributed by atoms with E-state index >= 15 is 0 Å². The van der Waals surface area contributed by atoms with E-state index in [1.165, 1.54) is 4.90 Å². The second-order valence-corrected chi connectivity index (χ2v) is 4.09. The smallest absolute Gasteiger partial charge is 0.326 e. The summed E-state index contributed by atoms with van der Waals surface area (Å²) in [6, 6.07) is 6.87. The van der Waals surface area contributed by atoms with Crippen LogP contribution in [0.5, 0.6) is 0 Å². The Morgan fingerprint density at radius 1 is 1.30 bits per heavy atom. The van der Waals surface area contributed by atoms with E-state index in [1.807, 2.05) is 6.07 Å². The first-order chi connectivity index (χ1) is 9.45. The number of hydrogen-bond donors (Lipinski definition) is 3. The number of nitrogens with zero attached hydrogens (tertiary/aromatic N) is 1. The van der Waals surface area contributed by atoms with Gasteiger partial charge < -0.3 is 16.2 Å². The number of carboxylic acids is 1. The first kappa shape index (κ1) is 15.5. The van der Waals surface area contributed by atoms with Gasteiger partial charge in [-0.15, -0.1) is 0 Å². The number of nitrogens with two attached hydrogens (primary N) is 1. The van der Waals surface area contributed by atoms with E-state index in [-0.39, 0.29) is 0 Å². The van der Waals surface area contributed by atoms with Crippen LogP contribution in [0.4, 0.5) is 10.5 Å². The van der Waals surface area contributed by atoms with Crippen LogP contribution in [-0.2, 0) is 9.59 Å². The van der Waals surface area contributed by atoms with Gasteiger partial charge in [-0.3, -0.25) is 9.69 Å². The summed E-state index contributed by atoms with van der Waals surface area (Å²) in [6.07, 6.45) is -0.451. The molecule has 0 heterocycles. The number of anilines is 1. The Bertz CT molecular complexity index is 490. The summed E-state index contributed by atoms with van der Waals surface area (Å²) in [4.78, 5) is 35.2. The predicted octanol–water partition coefficient (Wildman–Crippen LogP) is 0.551. The molecule has 3 amide bonds. The number of benzene rings is 1. The average molecular weight is 279 g/mol. The number of urea groups is 1. The van der Waals surface area contributed by atoms with E-state index in [1.54, 1.807) is 31.2 Å². The molecule has 0 aliphatic heterocycles. The Morgan fingerprint density at radius 3 is 2.35 bits per heavy atom. The molecular weight excluding hydrogens is 262 g/mol. The van der Waals surface area contributed by atoms with Gasteiger partial charge in [0.15, 0.2) is 0 Å². The van der Waals surface area contributed by atoms with Crippen LogP contribution in [0.3, 0.4) is 0 Å². The Kier molecular flexibility index (Phi) is 5.52. The van der Waals surface area contributed by atoms with Gasteiger partial charge in [-0.2, -0.15) is 0 Å². The Balaban J connectivity index is 2.81. The second-order valence-electron chi connectivity index (χ2n) is 4.09. The molecule has 0 saturated carbocycles. The highest BCUT2D eigenvalue weighted by Crippen LogP contribution is 2.13. The molecule has 0 aliphatic carbocycles. The van der Waals surface area contributed by atoms with Crippen LogP contribution in [0, 0.1) is 0 Å². The van der Waals surface area contributed by atoms with Crippen LogP contribution in [0.15, 0.2) is 30.3 Å². The lowest BCUT2D eigenvalue weighted by Gasteiger charge is -2.23. The maximum Gasteiger partial charge on any atom is 0.326 e. The van der Waals surface area contributed by atoms with E-state index in [0.717, 1.165) is 0 Å². The van der Waals surface area contributed by atoms with Gasteiger partial charge in [0.1, 0.15) is 6.04 Å². The number of amides is 3. The third kappa shape index (κ3) is 4.27. The zero-order valence-corrected chi connectivity index (χ0v) is 11.1. The average Bonchev–Trinajstić information content (AvgIpc) is 2.39. The highest BCUT2D eigenvalue weighted by Gasteiger charge is 2.24. The molecule has 0 aromatic heterocycles. The van der Waals surface area contributed by atoms with Gasteiger partial charge in [0, 0.05) is 12.2 Å². The topological polar surface area (TPSA) is 113 Å². The SMILES string of the molecule is CCN(C(=O)NC(CC(N)=O)C(=O)O)c1ccccc1. The third-order valence-corrected chi connectivity index (χ3v) is 2.63. The molecule has 20 heavy (non-hydrogen) atoms. The molecule has 7 heteroatoms. The maximum atomic E-state index is 12.1. The van der Waals surface area contributed by atoms with Gasteiger partial charge in [0.25, 0.3) is 0 Å². The molecule has 0 spiro atoms. The Hall–Kier alpha value is -2.57. The van der Waals surface area contributed by atoms with Gasteiger partial charge in [0.05, 0.1) is 6.42 Å². The lowest BCUT2D eigenvalue weighted by Crippen LogP contribution is -2.49. The first-order valence-corrected chi connectivity index (χ1v) is 6.10. The minimum atomic E-state index is -1.34. The Morgan fingerprint density at radius 2 is 1.90 bits per heavy atom. The van der Waals surface area contributed by atoms with Crippen LogP contribution < -0.4 is 16.0 Å². The van der Waals surface area contributed by atoms with Crippen molar-refractivity contribution in [3.8, 4) is 0 Å². The van der Waals surface area contributed by atoms with Gasteiger partial charge >= 0.3 is 12.0 Å². The molecule has 108 valence electrons. The standard InChI is InChI=1S/C13H17N3O4/c1-2-16(9-6-4-3-5-7-9)13(20)15-10(12(18)19)8-11(14)17/h3-7,10H,2,8H2,1H3,(H2,14,17)(H,15,20)(H,18,19). The number of hydrogen-bond acceptors (Lipinski definition) is 3. The fourth-order valence-corrected chi connectivity index (χ4v) is 1.68.